The molecule has 0 bridgehead atoms. The van der Waals surface area contributed by atoms with E-state index in [0.29, 0.717) is 22.3 Å². The first-order valence-corrected chi connectivity index (χ1v) is 10.4. The highest BCUT2D eigenvalue weighted by molar-refractivity contribution is 7.14. The van der Waals surface area contributed by atoms with Crippen molar-refractivity contribution < 1.29 is 13.6 Å². The van der Waals surface area contributed by atoms with Crippen molar-refractivity contribution in [3.8, 4) is 11.4 Å². The number of benzene rings is 1. The summed E-state index contributed by atoms with van der Waals surface area (Å²) < 4.78 is 27.6. The normalized spacial score (nSPS) is 10.4. The van der Waals surface area contributed by atoms with E-state index >= 15 is 0 Å². The predicted molar refractivity (Wildman–Crippen MR) is 117 cm³/mol. The molecule has 1 N–H and O–H groups in total. The Labute approximate surface area is 179 Å². The molecule has 0 aliphatic rings. The third-order valence-corrected chi connectivity index (χ3v) is 4.89. The second-order valence-corrected chi connectivity index (χ2v) is 7.37. The Balaban J connectivity index is 0.00000155. The second kappa shape index (κ2) is 10.2. The lowest BCUT2D eigenvalue weighted by atomic mass is 10.1. The van der Waals surface area contributed by atoms with E-state index in [9.17, 15) is 13.6 Å². The van der Waals surface area contributed by atoms with Gasteiger partial charge in [0, 0.05) is 35.7 Å². The Morgan fingerprint density at radius 1 is 1.10 bits per heavy atom. The van der Waals surface area contributed by atoms with Gasteiger partial charge in [-0.3, -0.25) is 9.69 Å². The molecule has 0 aliphatic heterocycles. The number of aromatic nitrogens is 3. The van der Waals surface area contributed by atoms with Crippen molar-refractivity contribution in [2.45, 2.75) is 40.7 Å². The number of anilines is 2. The number of thiazole rings is 1. The maximum absolute atomic E-state index is 13.8. The molecule has 3 rings (SSSR count). The Kier molecular flexibility index (Phi) is 7.93. The highest BCUT2D eigenvalue weighted by Gasteiger charge is 2.20. The fourth-order valence-corrected chi connectivity index (χ4v) is 3.24. The zero-order valence-corrected chi connectivity index (χ0v) is 18.6. The van der Waals surface area contributed by atoms with Gasteiger partial charge in [0.25, 0.3) is 5.91 Å². The van der Waals surface area contributed by atoms with Crippen LogP contribution in [0, 0.1) is 18.6 Å². The van der Waals surface area contributed by atoms with Crippen LogP contribution in [0.4, 0.5) is 19.7 Å². The molecule has 0 unspecified atom stereocenters. The van der Waals surface area contributed by atoms with E-state index in [-0.39, 0.29) is 17.2 Å². The smallest absolute Gasteiger partial charge is 0.260 e. The Bertz CT molecular complexity index is 999. The number of halogens is 2. The van der Waals surface area contributed by atoms with E-state index < -0.39 is 17.5 Å². The third kappa shape index (κ3) is 5.35. The van der Waals surface area contributed by atoms with Crippen molar-refractivity contribution in [3.05, 3.63) is 52.7 Å². The molecular weight excluding hydrogens is 408 g/mol. The van der Waals surface area contributed by atoms with Crippen LogP contribution in [0.15, 0.2) is 29.9 Å². The van der Waals surface area contributed by atoms with Gasteiger partial charge in [-0.25, -0.2) is 23.7 Å². The summed E-state index contributed by atoms with van der Waals surface area (Å²) in [4.78, 5) is 26.7. The molecule has 1 amide bonds. The number of hydrogen-bond donors (Lipinski definition) is 1. The van der Waals surface area contributed by atoms with Gasteiger partial charge in [-0.2, -0.15) is 0 Å². The average molecular weight is 434 g/mol. The molecule has 0 fully saturated rings. The van der Waals surface area contributed by atoms with Crippen LogP contribution in [0.1, 0.15) is 43.6 Å². The van der Waals surface area contributed by atoms with Crippen molar-refractivity contribution in [1.82, 2.24) is 15.0 Å². The molecule has 0 aliphatic carbocycles. The summed E-state index contributed by atoms with van der Waals surface area (Å²) in [6.45, 7) is 9.32. The van der Waals surface area contributed by atoms with Crippen LogP contribution in [0.25, 0.3) is 11.4 Å². The SMILES string of the molecule is CC.Cc1c(F)cc(C(=O)N(C)c2nc(-c3cc(NC(C)C)ncn3)cs2)cc1F. The highest BCUT2D eigenvalue weighted by atomic mass is 32.1. The lowest BCUT2D eigenvalue weighted by molar-refractivity contribution is 0.0992. The van der Waals surface area contributed by atoms with Crippen molar-refractivity contribution in [2.24, 2.45) is 0 Å². The maximum Gasteiger partial charge on any atom is 0.260 e. The van der Waals surface area contributed by atoms with Gasteiger partial charge in [0.2, 0.25) is 0 Å². The first-order chi connectivity index (χ1) is 14.3. The monoisotopic (exact) mass is 433 g/mol. The van der Waals surface area contributed by atoms with E-state index in [0.717, 1.165) is 12.1 Å². The van der Waals surface area contributed by atoms with Crippen molar-refractivity contribution in [3.63, 3.8) is 0 Å². The van der Waals surface area contributed by atoms with Crippen LogP contribution in [0.3, 0.4) is 0 Å². The molecule has 9 heteroatoms. The van der Waals surface area contributed by atoms with Gasteiger partial charge in [-0.1, -0.05) is 13.8 Å². The molecule has 0 radical (unpaired) electrons. The lowest BCUT2D eigenvalue weighted by Crippen LogP contribution is -2.26. The summed E-state index contributed by atoms with van der Waals surface area (Å²) in [5, 5.41) is 5.34. The van der Waals surface area contributed by atoms with Crippen LogP contribution in [0.2, 0.25) is 0 Å². The summed E-state index contributed by atoms with van der Waals surface area (Å²) in [5.41, 5.74) is 0.986. The van der Waals surface area contributed by atoms with Crippen molar-refractivity contribution in [1.29, 1.82) is 0 Å². The van der Waals surface area contributed by atoms with E-state index in [1.807, 2.05) is 27.7 Å². The quantitative estimate of drug-likeness (QED) is 0.590. The fraction of sp³-hybridized carbons (Fsp3) is 0.333. The number of rotatable bonds is 5. The van der Waals surface area contributed by atoms with E-state index in [2.05, 4.69) is 20.3 Å². The molecule has 30 heavy (non-hydrogen) atoms. The van der Waals surface area contributed by atoms with Gasteiger partial charge in [-0.05, 0) is 32.9 Å². The number of nitrogens with one attached hydrogen (secondary N) is 1. The second-order valence-electron chi connectivity index (χ2n) is 6.53. The number of amides is 1. The Morgan fingerprint density at radius 3 is 2.33 bits per heavy atom. The van der Waals surface area contributed by atoms with E-state index in [1.165, 1.54) is 36.5 Å². The summed E-state index contributed by atoms with van der Waals surface area (Å²) >= 11 is 1.23. The Morgan fingerprint density at radius 2 is 1.73 bits per heavy atom. The van der Waals surface area contributed by atoms with Gasteiger partial charge < -0.3 is 5.32 Å². The molecule has 0 spiro atoms. The first kappa shape index (κ1) is 23.3. The van der Waals surface area contributed by atoms with Gasteiger partial charge in [-0.15, -0.1) is 11.3 Å². The number of hydrogen-bond acceptors (Lipinski definition) is 6. The predicted octanol–water partition coefficient (Wildman–Crippen LogP) is 5.31. The molecule has 160 valence electrons. The highest BCUT2D eigenvalue weighted by Crippen LogP contribution is 2.28. The lowest BCUT2D eigenvalue weighted by Gasteiger charge is -2.14. The fourth-order valence-electron chi connectivity index (χ4n) is 2.46. The largest absolute Gasteiger partial charge is 0.368 e. The zero-order chi connectivity index (χ0) is 22.4. The molecule has 0 atom stereocenters. The van der Waals surface area contributed by atoms with Gasteiger partial charge in [0.05, 0.1) is 5.69 Å². The van der Waals surface area contributed by atoms with E-state index in [1.54, 1.807) is 11.4 Å². The summed E-state index contributed by atoms with van der Waals surface area (Å²) in [7, 11) is 1.51. The molecule has 0 saturated carbocycles. The van der Waals surface area contributed by atoms with Crippen LogP contribution >= 0.6 is 11.3 Å². The van der Waals surface area contributed by atoms with Gasteiger partial charge >= 0.3 is 0 Å². The zero-order valence-electron chi connectivity index (χ0n) is 17.8. The minimum absolute atomic E-state index is 0.0784. The number of nitrogens with zero attached hydrogens (tertiary/aromatic N) is 4. The summed E-state index contributed by atoms with van der Waals surface area (Å²) in [5.74, 6) is -1.40. The minimum atomic E-state index is -0.761. The van der Waals surface area contributed by atoms with Crippen LogP contribution in [-0.4, -0.2) is 33.9 Å². The molecular formula is C21H25F2N5OS. The molecule has 3 aromatic rings. The molecule has 6 nitrogen and oxygen atoms in total. The van der Waals surface area contributed by atoms with E-state index in [4.69, 9.17) is 0 Å². The average Bonchev–Trinajstić information content (AvgIpc) is 3.22. The standard InChI is InChI=1S/C19H19F2N5OS.C2H6/c1-10(2)24-17-7-15(22-9-23-17)16-8-28-19(25-16)26(4)18(27)12-5-13(20)11(3)14(21)6-12;1-2/h5-10H,1-4H3,(H,22,23,24);1-2H3. The minimum Gasteiger partial charge on any atom is -0.368 e. The van der Waals surface area contributed by atoms with Crippen LogP contribution < -0.4 is 10.2 Å². The molecule has 1 aromatic carbocycles. The third-order valence-electron chi connectivity index (χ3n) is 3.98. The molecule has 0 saturated heterocycles. The van der Waals surface area contributed by atoms with Crippen LogP contribution in [-0.2, 0) is 0 Å². The first-order valence-electron chi connectivity index (χ1n) is 9.54. The van der Waals surface area contributed by atoms with Gasteiger partial charge in [0.1, 0.15) is 29.5 Å². The van der Waals surface area contributed by atoms with Crippen molar-refractivity contribution in [2.75, 3.05) is 17.3 Å². The number of carbonyl (C=O) groups excluding carboxylic acids is 1. The van der Waals surface area contributed by atoms with Crippen molar-refractivity contribution >= 4 is 28.2 Å². The maximum atomic E-state index is 13.8. The number of carbonyl (C=O) groups is 1. The topological polar surface area (TPSA) is 71.0 Å². The summed E-state index contributed by atoms with van der Waals surface area (Å²) in [6.07, 6.45) is 1.44. The van der Waals surface area contributed by atoms with Gasteiger partial charge in [0.15, 0.2) is 5.13 Å². The summed E-state index contributed by atoms with van der Waals surface area (Å²) in [6, 6.07) is 4.04. The Hall–Kier alpha value is -2.94. The molecule has 2 aromatic heterocycles. The van der Waals surface area contributed by atoms with Crippen LogP contribution in [0.5, 0.6) is 0 Å². The molecule has 2 heterocycles.